The molecule has 3 heterocycles. The first kappa shape index (κ1) is 19.2. The minimum absolute atomic E-state index is 0.0338. The van der Waals surface area contributed by atoms with Crippen LogP contribution in [0.15, 0.2) is 36.7 Å². The fourth-order valence-corrected chi connectivity index (χ4v) is 3.48. The number of amides is 1. The highest BCUT2D eigenvalue weighted by molar-refractivity contribution is 6.00. The molecule has 5 nitrogen and oxygen atoms in total. The van der Waals surface area contributed by atoms with Crippen LogP contribution < -0.4 is 4.74 Å². The predicted octanol–water partition coefficient (Wildman–Crippen LogP) is 4.01. The SMILES string of the molecule is O=C1c2c(cc(-c3cnc4cc(F)ccn34)cc2OC(F)F)CCN1CC(F)F. The monoisotopic (exact) mass is 411 g/mol. The summed E-state index contributed by atoms with van der Waals surface area (Å²) in [5.74, 6) is -1.66. The van der Waals surface area contributed by atoms with Crippen molar-refractivity contribution in [3.63, 3.8) is 0 Å². The summed E-state index contributed by atoms with van der Waals surface area (Å²) >= 11 is 0. The molecule has 2 aromatic heterocycles. The maximum Gasteiger partial charge on any atom is 0.387 e. The van der Waals surface area contributed by atoms with Gasteiger partial charge in [0, 0.05) is 24.4 Å². The number of benzene rings is 1. The zero-order valence-electron chi connectivity index (χ0n) is 14.8. The van der Waals surface area contributed by atoms with Crippen molar-refractivity contribution in [3.8, 4) is 17.0 Å². The van der Waals surface area contributed by atoms with Crippen molar-refractivity contribution in [1.29, 1.82) is 0 Å². The molecule has 1 aliphatic heterocycles. The number of fused-ring (bicyclic) bond motifs is 2. The van der Waals surface area contributed by atoms with Gasteiger partial charge in [-0.25, -0.2) is 18.2 Å². The summed E-state index contributed by atoms with van der Waals surface area (Å²) in [6, 6.07) is 5.28. The molecule has 152 valence electrons. The number of alkyl halides is 4. The Balaban J connectivity index is 1.83. The zero-order valence-corrected chi connectivity index (χ0v) is 14.8. The van der Waals surface area contributed by atoms with E-state index < -0.39 is 37.1 Å². The molecule has 0 N–H and O–H groups in total. The van der Waals surface area contributed by atoms with Crippen LogP contribution in [0.25, 0.3) is 16.9 Å². The van der Waals surface area contributed by atoms with Crippen LogP contribution >= 0.6 is 0 Å². The highest BCUT2D eigenvalue weighted by Crippen LogP contribution is 2.35. The van der Waals surface area contributed by atoms with Crippen molar-refractivity contribution in [1.82, 2.24) is 14.3 Å². The maximum atomic E-state index is 13.4. The average molecular weight is 411 g/mol. The summed E-state index contributed by atoms with van der Waals surface area (Å²) in [6.45, 7) is -3.96. The van der Waals surface area contributed by atoms with Gasteiger partial charge in [-0.15, -0.1) is 0 Å². The number of halogens is 5. The smallest absolute Gasteiger partial charge is 0.387 e. The highest BCUT2D eigenvalue weighted by atomic mass is 19.3. The molecule has 0 atom stereocenters. The van der Waals surface area contributed by atoms with Crippen molar-refractivity contribution in [2.75, 3.05) is 13.1 Å². The van der Waals surface area contributed by atoms with E-state index >= 15 is 0 Å². The lowest BCUT2D eigenvalue weighted by atomic mass is 9.94. The van der Waals surface area contributed by atoms with Gasteiger partial charge in [0.15, 0.2) is 0 Å². The molecular formula is C19H14F5N3O2. The van der Waals surface area contributed by atoms with E-state index in [4.69, 9.17) is 0 Å². The summed E-state index contributed by atoms with van der Waals surface area (Å²) in [7, 11) is 0. The molecule has 3 aromatic rings. The van der Waals surface area contributed by atoms with Gasteiger partial charge in [0.05, 0.1) is 24.0 Å². The molecule has 0 aliphatic carbocycles. The summed E-state index contributed by atoms with van der Waals surface area (Å²) in [5.41, 5.74) is 1.47. The fourth-order valence-electron chi connectivity index (χ4n) is 3.48. The van der Waals surface area contributed by atoms with E-state index in [9.17, 15) is 26.7 Å². The molecule has 0 unspecified atom stereocenters. The molecular weight excluding hydrogens is 397 g/mol. The van der Waals surface area contributed by atoms with Crippen molar-refractivity contribution in [2.24, 2.45) is 0 Å². The highest BCUT2D eigenvalue weighted by Gasteiger charge is 2.31. The number of nitrogens with zero attached hydrogens (tertiary/aromatic N) is 3. The van der Waals surface area contributed by atoms with Gasteiger partial charge in [-0.3, -0.25) is 9.20 Å². The summed E-state index contributed by atoms with van der Waals surface area (Å²) in [4.78, 5) is 17.6. The second-order valence-corrected chi connectivity index (χ2v) is 6.50. The van der Waals surface area contributed by atoms with Gasteiger partial charge in [-0.2, -0.15) is 8.78 Å². The van der Waals surface area contributed by atoms with Gasteiger partial charge < -0.3 is 9.64 Å². The Morgan fingerprint density at radius 2 is 1.97 bits per heavy atom. The minimum atomic E-state index is -3.20. The molecule has 0 bridgehead atoms. The topological polar surface area (TPSA) is 46.8 Å². The number of pyridine rings is 1. The fraction of sp³-hybridized carbons (Fsp3) is 0.263. The largest absolute Gasteiger partial charge is 0.434 e. The van der Waals surface area contributed by atoms with E-state index in [0.29, 0.717) is 22.5 Å². The Morgan fingerprint density at radius 1 is 1.17 bits per heavy atom. The Labute approximate surface area is 161 Å². The quantitative estimate of drug-likeness (QED) is 0.597. The lowest BCUT2D eigenvalue weighted by Gasteiger charge is -2.30. The molecule has 4 rings (SSSR count). The van der Waals surface area contributed by atoms with Gasteiger partial charge in [0.1, 0.15) is 17.2 Å². The van der Waals surface area contributed by atoms with Gasteiger partial charge in [0.2, 0.25) is 0 Å². The number of carbonyl (C=O) groups is 1. The molecule has 0 radical (unpaired) electrons. The Hall–Kier alpha value is -3.17. The Morgan fingerprint density at radius 3 is 2.69 bits per heavy atom. The molecule has 10 heteroatoms. The van der Waals surface area contributed by atoms with Gasteiger partial charge in [0.25, 0.3) is 12.3 Å². The first-order valence-electron chi connectivity index (χ1n) is 8.65. The van der Waals surface area contributed by atoms with E-state index in [1.54, 1.807) is 10.5 Å². The number of carbonyl (C=O) groups excluding carboxylic acids is 1. The number of hydrogen-bond acceptors (Lipinski definition) is 3. The van der Waals surface area contributed by atoms with Crippen molar-refractivity contribution in [2.45, 2.75) is 19.5 Å². The standard InChI is InChI=1S/C19H14F5N3O2/c20-12-2-4-27-13(8-25-16(27)7-12)11-5-10-1-3-26(9-15(21)22)18(28)17(10)14(6-11)29-19(23)24/h2,4-8,15,19H,1,3,9H2. The average Bonchev–Trinajstić information content (AvgIpc) is 3.06. The number of rotatable bonds is 5. The van der Waals surface area contributed by atoms with Gasteiger partial charge in [-0.1, -0.05) is 0 Å². The van der Waals surface area contributed by atoms with Crippen molar-refractivity contribution < 1.29 is 31.5 Å². The third-order valence-electron chi connectivity index (χ3n) is 4.68. The molecule has 0 saturated carbocycles. The molecule has 0 spiro atoms. The third kappa shape index (κ3) is 3.62. The van der Waals surface area contributed by atoms with Crippen LogP contribution in [-0.2, 0) is 6.42 Å². The van der Waals surface area contributed by atoms with E-state index in [1.807, 2.05) is 0 Å². The predicted molar refractivity (Wildman–Crippen MR) is 92.8 cm³/mol. The summed E-state index contributed by atoms with van der Waals surface area (Å²) in [5, 5.41) is 0. The van der Waals surface area contributed by atoms with Crippen LogP contribution in [0.3, 0.4) is 0 Å². The summed E-state index contributed by atoms with van der Waals surface area (Å²) in [6.07, 6.45) is 0.344. The molecule has 29 heavy (non-hydrogen) atoms. The molecule has 1 aromatic carbocycles. The number of aromatic nitrogens is 2. The Bertz CT molecular complexity index is 1080. The van der Waals surface area contributed by atoms with Crippen LogP contribution in [0.2, 0.25) is 0 Å². The van der Waals surface area contributed by atoms with E-state index in [1.165, 1.54) is 30.6 Å². The van der Waals surface area contributed by atoms with E-state index in [0.717, 1.165) is 4.90 Å². The van der Waals surface area contributed by atoms with Crippen LogP contribution in [-0.4, -0.2) is 46.3 Å². The van der Waals surface area contributed by atoms with E-state index in [-0.39, 0.29) is 18.5 Å². The van der Waals surface area contributed by atoms with Crippen LogP contribution in [0.1, 0.15) is 15.9 Å². The summed E-state index contributed by atoms with van der Waals surface area (Å²) < 4.78 is 70.9. The lowest BCUT2D eigenvalue weighted by Crippen LogP contribution is -2.40. The lowest BCUT2D eigenvalue weighted by molar-refractivity contribution is -0.0504. The first-order chi connectivity index (χ1) is 13.8. The second-order valence-electron chi connectivity index (χ2n) is 6.50. The van der Waals surface area contributed by atoms with E-state index in [2.05, 4.69) is 9.72 Å². The second kappa shape index (κ2) is 7.34. The van der Waals surface area contributed by atoms with Gasteiger partial charge >= 0.3 is 6.61 Å². The molecule has 0 saturated heterocycles. The van der Waals surface area contributed by atoms with Crippen LogP contribution in [0.4, 0.5) is 22.0 Å². The molecule has 1 amide bonds. The Kier molecular flexibility index (Phi) is 4.85. The molecule has 1 aliphatic rings. The van der Waals surface area contributed by atoms with Crippen molar-refractivity contribution >= 4 is 11.6 Å². The minimum Gasteiger partial charge on any atom is -0.434 e. The maximum absolute atomic E-state index is 13.4. The van der Waals surface area contributed by atoms with Crippen LogP contribution in [0.5, 0.6) is 5.75 Å². The van der Waals surface area contributed by atoms with Gasteiger partial charge in [-0.05, 0) is 30.2 Å². The first-order valence-corrected chi connectivity index (χ1v) is 8.65. The van der Waals surface area contributed by atoms with Crippen LogP contribution in [0, 0.1) is 5.82 Å². The zero-order chi connectivity index (χ0) is 20.7. The van der Waals surface area contributed by atoms with Crippen molar-refractivity contribution in [3.05, 3.63) is 53.6 Å². The molecule has 0 fully saturated rings. The number of imidazole rings is 1. The normalized spacial score (nSPS) is 14.2. The number of hydrogen-bond donors (Lipinski definition) is 0. The third-order valence-corrected chi connectivity index (χ3v) is 4.68. The number of ether oxygens (including phenoxy) is 1.